The number of anilines is 1. The van der Waals surface area contributed by atoms with Crippen molar-refractivity contribution in [2.45, 2.75) is 13.3 Å². The second-order valence-electron chi connectivity index (χ2n) is 4.31. The zero-order valence-electron chi connectivity index (χ0n) is 11.4. The third kappa shape index (κ3) is 3.85. The van der Waals surface area contributed by atoms with Gasteiger partial charge in [-0.25, -0.2) is 0 Å². The molecule has 1 aromatic heterocycles. The highest BCUT2D eigenvalue weighted by Gasteiger charge is 2.13. The lowest BCUT2D eigenvalue weighted by Crippen LogP contribution is -2.12. The molecule has 0 aliphatic heterocycles. The van der Waals surface area contributed by atoms with Crippen molar-refractivity contribution in [3.05, 3.63) is 50.7 Å². The Morgan fingerprint density at radius 1 is 1.43 bits per heavy atom. The van der Waals surface area contributed by atoms with Gasteiger partial charge in [-0.2, -0.15) is 0 Å². The van der Waals surface area contributed by atoms with Crippen LogP contribution in [0.3, 0.4) is 0 Å². The lowest BCUT2D eigenvalue weighted by Gasteiger charge is -2.08. The van der Waals surface area contributed by atoms with Crippen LogP contribution in [-0.4, -0.2) is 17.6 Å². The minimum absolute atomic E-state index is 0.0143. The summed E-state index contributed by atoms with van der Waals surface area (Å²) in [5.41, 5.74) is 2.19. The van der Waals surface area contributed by atoms with Crippen LogP contribution < -0.4 is 5.32 Å². The van der Waals surface area contributed by atoms with Crippen molar-refractivity contribution in [2.75, 3.05) is 11.9 Å². The zero-order valence-corrected chi connectivity index (χ0v) is 13.0. The molecular formula is C16H14ClNO2S. The maximum atomic E-state index is 12.3. The summed E-state index contributed by atoms with van der Waals surface area (Å²) in [4.78, 5) is 12.9. The minimum atomic E-state index is -0.205. The molecule has 1 heterocycles. The number of nitrogens with one attached hydrogen (secondary N) is 1. The van der Waals surface area contributed by atoms with E-state index in [9.17, 15) is 4.79 Å². The lowest BCUT2D eigenvalue weighted by molar-refractivity contribution is 0.103. The highest BCUT2D eigenvalue weighted by Crippen LogP contribution is 2.24. The molecule has 0 aliphatic carbocycles. The molecule has 0 fully saturated rings. The first kappa shape index (κ1) is 15.6. The highest BCUT2D eigenvalue weighted by atomic mass is 35.5. The van der Waals surface area contributed by atoms with Gasteiger partial charge in [-0.05, 0) is 36.1 Å². The molecule has 2 N–H and O–H groups in total. The number of hydrogen-bond acceptors (Lipinski definition) is 3. The largest absolute Gasteiger partial charge is 0.395 e. The van der Waals surface area contributed by atoms with Crippen LogP contribution in [-0.2, 0) is 0 Å². The average Bonchev–Trinajstić information content (AvgIpc) is 2.93. The first-order valence-electron chi connectivity index (χ1n) is 6.37. The van der Waals surface area contributed by atoms with E-state index in [4.69, 9.17) is 16.7 Å². The van der Waals surface area contributed by atoms with Gasteiger partial charge >= 0.3 is 0 Å². The van der Waals surface area contributed by atoms with Gasteiger partial charge in [-0.15, -0.1) is 11.3 Å². The van der Waals surface area contributed by atoms with Crippen molar-refractivity contribution in [3.63, 3.8) is 0 Å². The molecule has 108 valence electrons. The molecule has 0 atom stereocenters. The summed E-state index contributed by atoms with van der Waals surface area (Å²) in [7, 11) is 0. The Hall–Kier alpha value is -1.80. The van der Waals surface area contributed by atoms with E-state index in [-0.39, 0.29) is 12.5 Å². The van der Waals surface area contributed by atoms with E-state index < -0.39 is 0 Å². The van der Waals surface area contributed by atoms with Gasteiger partial charge in [0.25, 0.3) is 5.91 Å². The van der Waals surface area contributed by atoms with Gasteiger partial charge in [-0.3, -0.25) is 4.79 Å². The van der Waals surface area contributed by atoms with Crippen molar-refractivity contribution in [3.8, 4) is 11.8 Å². The number of thiophene rings is 1. The van der Waals surface area contributed by atoms with E-state index in [1.807, 2.05) is 18.4 Å². The van der Waals surface area contributed by atoms with Gasteiger partial charge in [0.05, 0.1) is 6.61 Å². The Morgan fingerprint density at radius 2 is 2.24 bits per heavy atom. The van der Waals surface area contributed by atoms with Gasteiger partial charge < -0.3 is 10.4 Å². The molecule has 0 bridgehead atoms. The number of aliphatic hydroxyl groups excluding tert-OH is 1. The van der Waals surface area contributed by atoms with Gasteiger partial charge in [0.2, 0.25) is 0 Å². The number of amides is 1. The fourth-order valence-electron chi connectivity index (χ4n) is 1.72. The van der Waals surface area contributed by atoms with Crippen LogP contribution in [0.2, 0.25) is 5.02 Å². The van der Waals surface area contributed by atoms with Gasteiger partial charge in [-0.1, -0.05) is 29.5 Å². The highest BCUT2D eigenvalue weighted by molar-refractivity contribution is 7.12. The summed E-state index contributed by atoms with van der Waals surface area (Å²) in [5, 5.41) is 14.0. The number of aliphatic hydroxyl groups is 1. The Morgan fingerprint density at radius 3 is 3.00 bits per heavy atom. The number of rotatable bonds is 3. The third-order valence-electron chi connectivity index (χ3n) is 2.85. The van der Waals surface area contributed by atoms with Crippen molar-refractivity contribution >= 4 is 34.5 Å². The van der Waals surface area contributed by atoms with Crippen LogP contribution >= 0.6 is 22.9 Å². The van der Waals surface area contributed by atoms with Crippen molar-refractivity contribution in [1.82, 2.24) is 0 Å². The van der Waals surface area contributed by atoms with Crippen LogP contribution in [0.4, 0.5) is 5.69 Å². The summed E-state index contributed by atoms with van der Waals surface area (Å²) in [5.74, 6) is 5.52. The Kier molecular flexibility index (Phi) is 5.40. The van der Waals surface area contributed by atoms with Gasteiger partial charge in [0.1, 0.15) is 4.88 Å². The van der Waals surface area contributed by atoms with Crippen LogP contribution in [0.5, 0.6) is 0 Å². The minimum Gasteiger partial charge on any atom is -0.395 e. The molecule has 2 aromatic rings. The van der Waals surface area contributed by atoms with Crippen molar-refractivity contribution in [1.29, 1.82) is 0 Å². The van der Waals surface area contributed by atoms with Crippen LogP contribution in [0.25, 0.3) is 0 Å². The Balaban J connectivity index is 2.20. The summed E-state index contributed by atoms with van der Waals surface area (Å²) >= 11 is 7.38. The fourth-order valence-corrected chi connectivity index (χ4v) is 2.64. The Bertz CT molecular complexity index is 713. The zero-order chi connectivity index (χ0) is 15.2. The molecule has 1 amide bonds. The SMILES string of the molecule is Cc1c(Cl)cccc1NC(=O)c1sccc1C#CCCO. The smallest absolute Gasteiger partial charge is 0.267 e. The molecule has 0 unspecified atom stereocenters. The van der Waals surface area contributed by atoms with E-state index in [1.165, 1.54) is 11.3 Å². The predicted molar refractivity (Wildman–Crippen MR) is 87.0 cm³/mol. The predicted octanol–water partition coefficient (Wildman–Crippen LogP) is 3.70. The summed E-state index contributed by atoms with van der Waals surface area (Å²) in [6.45, 7) is 1.87. The molecule has 3 nitrogen and oxygen atoms in total. The molecule has 21 heavy (non-hydrogen) atoms. The number of carbonyl (C=O) groups is 1. The second kappa shape index (κ2) is 7.28. The number of carbonyl (C=O) groups excluding carboxylic acids is 1. The van der Waals surface area contributed by atoms with Gasteiger partial charge in [0.15, 0.2) is 0 Å². The maximum Gasteiger partial charge on any atom is 0.267 e. The molecule has 1 aromatic carbocycles. The summed E-state index contributed by atoms with van der Waals surface area (Å²) < 4.78 is 0. The van der Waals surface area contributed by atoms with E-state index in [0.29, 0.717) is 27.6 Å². The monoisotopic (exact) mass is 319 g/mol. The van der Waals surface area contributed by atoms with Crippen LogP contribution in [0.1, 0.15) is 27.2 Å². The third-order valence-corrected chi connectivity index (χ3v) is 4.17. The molecule has 5 heteroatoms. The quantitative estimate of drug-likeness (QED) is 0.848. The molecule has 0 saturated carbocycles. The van der Waals surface area contributed by atoms with Crippen LogP contribution in [0.15, 0.2) is 29.6 Å². The van der Waals surface area contributed by atoms with Gasteiger partial charge in [0, 0.05) is 22.7 Å². The average molecular weight is 320 g/mol. The number of hydrogen-bond donors (Lipinski definition) is 2. The first-order valence-corrected chi connectivity index (χ1v) is 7.63. The number of halogens is 1. The Labute approximate surface area is 132 Å². The standard InChI is InChI=1S/C16H14ClNO2S/c1-11-13(17)6-4-7-14(11)18-16(20)15-12(8-10-21-15)5-2-3-9-19/h4,6-8,10,19H,3,9H2,1H3,(H,18,20). The molecule has 0 saturated heterocycles. The van der Waals surface area contributed by atoms with Crippen molar-refractivity contribution in [2.24, 2.45) is 0 Å². The fraction of sp³-hybridized carbons (Fsp3) is 0.188. The number of benzene rings is 1. The van der Waals surface area contributed by atoms with E-state index >= 15 is 0 Å². The lowest BCUT2D eigenvalue weighted by atomic mass is 10.2. The molecule has 0 radical (unpaired) electrons. The van der Waals surface area contributed by atoms with Crippen LogP contribution in [0, 0.1) is 18.8 Å². The summed E-state index contributed by atoms with van der Waals surface area (Å²) in [6, 6.07) is 7.18. The molecule has 0 aliphatic rings. The van der Waals surface area contributed by atoms with E-state index in [1.54, 1.807) is 18.2 Å². The maximum absolute atomic E-state index is 12.3. The van der Waals surface area contributed by atoms with Crippen molar-refractivity contribution < 1.29 is 9.90 Å². The first-order chi connectivity index (χ1) is 10.1. The normalized spacial score (nSPS) is 9.86. The molecule has 2 rings (SSSR count). The molecule has 0 spiro atoms. The summed E-state index contributed by atoms with van der Waals surface area (Å²) in [6.07, 6.45) is 0.393. The van der Waals surface area contributed by atoms with E-state index in [2.05, 4.69) is 17.2 Å². The topological polar surface area (TPSA) is 49.3 Å². The van der Waals surface area contributed by atoms with E-state index in [0.717, 1.165) is 5.56 Å². The molecular weight excluding hydrogens is 306 g/mol. The second-order valence-corrected chi connectivity index (χ2v) is 5.63.